The highest BCUT2D eigenvalue weighted by Gasteiger charge is 2.25. The zero-order valence-corrected chi connectivity index (χ0v) is 12.0. The molecule has 0 atom stereocenters. The molecule has 0 rings (SSSR count). The molecule has 0 heterocycles. The lowest BCUT2D eigenvalue weighted by molar-refractivity contribution is -0.230. The summed E-state index contributed by atoms with van der Waals surface area (Å²) in [6, 6.07) is 0. The zero-order valence-electron chi connectivity index (χ0n) is 12.0. The lowest BCUT2D eigenvalue weighted by Gasteiger charge is -2.21. The van der Waals surface area contributed by atoms with Gasteiger partial charge in [-0.1, -0.05) is 47.6 Å². The van der Waals surface area contributed by atoms with Crippen molar-refractivity contribution in [3.63, 3.8) is 0 Å². The fourth-order valence-corrected chi connectivity index (χ4v) is 1.62. The van der Waals surface area contributed by atoms with Crippen LogP contribution in [0.5, 0.6) is 0 Å². The maximum atomic E-state index is 11.4. The summed E-state index contributed by atoms with van der Waals surface area (Å²) in [6.45, 7) is 12.4. The third-order valence-corrected chi connectivity index (χ3v) is 2.59. The maximum absolute atomic E-state index is 11.4. The van der Waals surface area contributed by atoms with Gasteiger partial charge >= 0.3 is 5.97 Å². The SMILES string of the molecule is CC(C)(C)CCCC=C(C(=O)OO)C(C)(C)C. The molecular formula is C14H26O3. The third-order valence-electron chi connectivity index (χ3n) is 2.59. The number of carbonyl (C=O) groups excluding carboxylic acids is 1. The summed E-state index contributed by atoms with van der Waals surface area (Å²) in [5.74, 6) is -0.645. The van der Waals surface area contributed by atoms with Crippen LogP contribution in [-0.4, -0.2) is 11.2 Å². The number of rotatable bonds is 4. The van der Waals surface area contributed by atoms with Crippen molar-refractivity contribution in [3.8, 4) is 0 Å². The Bertz CT molecular complexity index is 277. The molecular weight excluding hydrogens is 216 g/mol. The van der Waals surface area contributed by atoms with Gasteiger partial charge in [-0.3, -0.25) is 4.89 Å². The summed E-state index contributed by atoms with van der Waals surface area (Å²) < 4.78 is 0. The van der Waals surface area contributed by atoms with Crippen LogP contribution >= 0.6 is 0 Å². The molecule has 0 bridgehead atoms. The van der Waals surface area contributed by atoms with E-state index >= 15 is 0 Å². The molecule has 0 aliphatic heterocycles. The number of unbranched alkanes of at least 4 members (excludes halogenated alkanes) is 1. The molecule has 3 heteroatoms. The van der Waals surface area contributed by atoms with Crippen LogP contribution in [-0.2, 0) is 9.68 Å². The smallest absolute Gasteiger partial charge is 0.296 e. The molecule has 0 aliphatic rings. The molecule has 0 amide bonds. The maximum Gasteiger partial charge on any atom is 0.369 e. The summed E-state index contributed by atoms with van der Waals surface area (Å²) in [7, 11) is 0. The molecule has 0 aromatic rings. The van der Waals surface area contributed by atoms with Crippen LogP contribution in [0.25, 0.3) is 0 Å². The number of allylic oxidation sites excluding steroid dienone is 1. The van der Waals surface area contributed by atoms with E-state index < -0.39 is 5.97 Å². The van der Waals surface area contributed by atoms with Crippen molar-refractivity contribution in [2.24, 2.45) is 10.8 Å². The van der Waals surface area contributed by atoms with Crippen LogP contribution in [0.3, 0.4) is 0 Å². The summed E-state index contributed by atoms with van der Waals surface area (Å²) in [6.07, 6.45) is 4.85. The van der Waals surface area contributed by atoms with Gasteiger partial charge in [-0.2, -0.15) is 5.26 Å². The van der Waals surface area contributed by atoms with Crippen LogP contribution in [0.1, 0.15) is 60.8 Å². The summed E-state index contributed by atoms with van der Waals surface area (Å²) in [4.78, 5) is 15.2. The fraction of sp³-hybridized carbons (Fsp3) is 0.786. The normalized spacial score (nSPS) is 13.7. The van der Waals surface area contributed by atoms with Gasteiger partial charge in [0.25, 0.3) is 0 Å². The monoisotopic (exact) mass is 242 g/mol. The summed E-state index contributed by atoms with van der Waals surface area (Å²) in [5.41, 5.74) is 0.545. The Morgan fingerprint density at radius 2 is 1.71 bits per heavy atom. The van der Waals surface area contributed by atoms with Crippen LogP contribution in [0.2, 0.25) is 0 Å². The predicted molar refractivity (Wildman–Crippen MR) is 69.6 cm³/mol. The van der Waals surface area contributed by atoms with Crippen molar-refractivity contribution in [1.82, 2.24) is 0 Å². The quantitative estimate of drug-likeness (QED) is 0.348. The Hall–Kier alpha value is -0.830. The van der Waals surface area contributed by atoms with E-state index in [4.69, 9.17) is 5.26 Å². The average molecular weight is 242 g/mol. The molecule has 0 saturated heterocycles. The Kier molecular flexibility index (Phi) is 5.89. The van der Waals surface area contributed by atoms with E-state index in [1.807, 2.05) is 26.8 Å². The summed E-state index contributed by atoms with van der Waals surface area (Å²) in [5, 5.41) is 8.46. The summed E-state index contributed by atoms with van der Waals surface area (Å²) >= 11 is 0. The van der Waals surface area contributed by atoms with Crippen molar-refractivity contribution in [1.29, 1.82) is 0 Å². The highest BCUT2D eigenvalue weighted by molar-refractivity contribution is 5.89. The molecule has 0 aromatic heterocycles. The highest BCUT2D eigenvalue weighted by Crippen LogP contribution is 2.28. The Morgan fingerprint density at radius 3 is 2.06 bits per heavy atom. The van der Waals surface area contributed by atoms with Crippen molar-refractivity contribution < 1.29 is 14.9 Å². The lowest BCUT2D eigenvalue weighted by atomic mass is 9.84. The Labute approximate surface area is 105 Å². The second-order valence-electron chi connectivity index (χ2n) is 6.70. The molecule has 1 N–H and O–H groups in total. The Balaban J connectivity index is 4.48. The molecule has 17 heavy (non-hydrogen) atoms. The van der Waals surface area contributed by atoms with Crippen molar-refractivity contribution in [2.45, 2.75) is 60.8 Å². The molecule has 3 nitrogen and oxygen atoms in total. The molecule has 0 aliphatic carbocycles. The van der Waals surface area contributed by atoms with Crippen molar-refractivity contribution in [2.75, 3.05) is 0 Å². The number of carbonyl (C=O) groups is 1. The molecule has 0 aromatic carbocycles. The van der Waals surface area contributed by atoms with Gasteiger partial charge in [-0.05, 0) is 30.1 Å². The van der Waals surface area contributed by atoms with Crippen LogP contribution < -0.4 is 0 Å². The lowest BCUT2D eigenvalue weighted by Crippen LogP contribution is -2.19. The van der Waals surface area contributed by atoms with Gasteiger partial charge in [0.2, 0.25) is 0 Å². The van der Waals surface area contributed by atoms with Gasteiger partial charge in [0.15, 0.2) is 0 Å². The van der Waals surface area contributed by atoms with Gasteiger partial charge < -0.3 is 0 Å². The average Bonchev–Trinajstić information content (AvgIpc) is 2.13. The zero-order chi connectivity index (χ0) is 13.7. The minimum atomic E-state index is -0.645. The predicted octanol–water partition coefficient (Wildman–Crippen LogP) is 4.19. The first-order valence-corrected chi connectivity index (χ1v) is 6.14. The largest absolute Gasteiger partial charge is 0.369 e. The first-order chi connectivity index (χ1) is 7.58. The molecule has 0 saturated carbocycles. The molecule has 100 valence electrons. The van der Waals surface area contributed by atoms with E-state index in [1.165, 1.54) is 0 Å². The van der Waals surface area contributed by atoms with Crippen molar-refractivity contribution in [3.05, 3.63) is 11.6 Å². The fourth-order valence-electron chi connectivity index (χ4n) is 1.62. The molecule has 0 fully saturated rings. The standard InChI is InChI=1S/C14H26O3/c1-13(2,3)10-8-7-9-11(12(15)17-16)14(4,5)6/h9,16H,7-8,10H2,1-6H3. The first-order valence-electron chi connectivity index (χ1n) is 6.14. The van der Waals surface area contributed by atoms with Gasteiger partial charge in [-0.25, -0.2) is 4.79 Å². The number of hydrogen-bond acceptors (Lipinski definition) is 3. The van der Waals surface area contributed by atoms with E-state index in [2.05, 4.69) is 25.7 Å². The minimum Gasteiger partial charge on any atom is -0.296 e. The molecule has 0 spiro atoms. The Morgan fingerprint density at radius 1 is 1.18 bits per heavy atom. The topological polar surface area (TPSA) is 46.5 Å². The molecule has 0 radical (unpaired) electrons. The van der Waals surface area contributed by atoms with E-state index in [0.717, 1.165) is 19.3 Å². The van der Waals surface area contributed by atoms with E-state index in [0.29, 0.717) is 11.0 Å². The third kappa shape index (κ3) is 7.16. The number of hydrogen-bond donors (Lipinski definition) is 1. The second-order valence-corrected chi connectivity index (χ2v) is 6.70. The van der Waals surface area contributed by atoms with Gasteiger partial charge in [-0.15, -0.1) is 0 Å². The highest BCUT2D eigenvalue weighted by atomic mass is 17.1. The van der Waals surface area contributed by atoms with Gasteiger partial charge in [0.1, 0.15) is 0 Å². The van der Waals surface area contributed by atoms with Crippen LogP contribution in [0.15, 0.2) is 11.6 Å². The van der Waals surface area contributed by atoms with Gasteiger partial charge in [0.05, 0.1) is 0 Å². The van der Waals surface area contributed by atoms with E-state index in [1.54, 1.807) is 0 Å². The first kappa shape index (κ1) is 16.2. The van der Waals surface area contributed by atoms with E-state index in [-0.39, 0.29) is 5.41 Å². The minimum absolute atomic E-state index is 0.304. The molecule has 0 unspecified atom stereocenters. The van der Waals surface area contributed by atoms with Crippen molar-refractivity contribution >= 4 is 5.97 Å². The van der Waals surface area contributed by atoms with Gasteiger partial charge in [0, 0.05) is 5.57 Å². The van der Waals surface area contributed by atoms with Crippen LogP contribution in [0.4, 0.5) is 0 Å². The second kappa shape index (κ2) is 6.20. The van der Waals surface area contributed by atoms with Crippen LogP contribution in [0, 0.1) is 10.8 Å². The van der Waals surface area contributed by atoms with E-state index in [9.17, 15) is 4.79 Å².